The predicted octanol–water partition coefficient (Wildman–Crippen LogP) is 1.07. The van der Waals surface area contributed by atoms with Crippen molar-refractivity contribution in [1.29, 1.82) is 0 Å². The van der Waals surface area contributed by atoms with Crippen molar-refractivity contribution >= 4 is 5.97 Å². The summed E-state index contributed by atoms with van der Waals surface area (Å²) in [6.45, 7) is 6.91. The molecule has 0 aliphatic carbocycles. The summed E-state index contributed by atoms with van der Waals surface area (Å²) in [6.07, 6.45) is 2.52. The van der Waals surface area contributed by atoms with Gasteiger partial charge in [0.15, 0.2) is 0 Å². The Morgan fingerprint density at radius 2 is 2.22 bits per heavy atom. The third-order valence-electron chi connectivity index (χ3n) is 3.35. The lowest BCUT2D eigenvalue weighted by atomic mass is 10.0. The Hall–Kier alpha value is -0.650. The van der Waals surface area contributed by atoms with E-state index in [0.29, 0.717) is 25.4 Å². The predicted molar refractivity (Wildman–Crippen MR) is 68.5 cm³/mol. The highest BCUT2D eigenvalue weighted by Gasteiger charge is 2.24. The normalized spacial score (nSPS) is 25.1. The van der Waals surface area contributed by atoms with Crippen LogP contribution < -0.4 is 0 Å². The van der Waals surface area contributed by atoms with Gasteiger partial charge in [0.1, 0.15) is 6.61 Å². The number of methoxy groups -OCH3 is 1. The first-order chi connectivity index (χ1) is 8.67. The number of carbonyl (C=O) groups excluding carboxylic acids is 1. The van der Waals surface area contributed by atoms with Crippen molar-refractivity contribution in [3.05, 3.63) is 0 Å². The van der Waals surface area contributed by atoms with Gasteiger partial charge in [-0.15, -0.1) is 0 Å². The fraction of sp³-hybridized carbons (Fsp3) is 0.923. The molecule has 0 radical (unpaired) electrons. The third-order valence-corrected chi connectivity index (χ3v) is 3.35. The number of nitrogens with zero attached hydrogens (tertiary/aromatic N) is 1. The number of hydrogen-bond acceptors (Lipinski definition) is 5. The van der Waals surface area contributed by atoms with E-state index in [1.54, 1.807) is 14.0 Å². The molecule has 5 nitrogen and oxygen atoms in total. The van der Waals surface area contributed by atoms with E-state index < -0.39 is 0 Å². The molecule has 0 saturated carbocycles. The van der Waals surface area contributed by atoms with Crippen LogP contribution in [0.3, 0.4) is 0 Å². The first kappa shape index (κ1) is 15.4. The molecule has 0 bridgehead atoms. The molecule has 0 aromatic carbocycles. The van der Waals surface area contributed by atoms with Gasteiger partial charge < -0.3 is 14.2 Å². The lowest BCUT2D eigenvalue weighted by Gasteiger charge is -2.36. The number of hydrogen-bond donors (Lipinski definition) is 0. The van der Waals surface area contributed by atoms with E-state index in [1.807, 2.05) is 0 Å². The van der Waals surface area contributed by atoms with Crippen LogP contribution in [0, 0.1) is 0 Å². The second-order valence-corrected chi connectivity index (χ2v) is 4.62. The molecular weight excluding hydrogens is 234 g/mol. The van der Waals surface area contributed by atoms with Crippen LogP contribution in [-0.2, 0) is 19.0 Å². The first-order valence-electron chi connectivity index (χ1n) is 6.67. The fourth-order valence-electron chi connectivity index (χ4n) is 2.26. The number of likely N-dealkylation sites (tertiary alicyclic amines) is 1. The molecule has 0 aromatic rings. The van der Waals surface area contributed by atoms with Crippen LogP contribution in [-0.4, -0.2) is 63.0 Å². The SMILES string of the molecule is CCOC(=O)COCCN1CCC(OC)CC1C. The summed E-state index contributed by atoms with van der Waals surface area (Å²) in [5.41, 5.74) is 0. The van der Waals surface area contributed by atoms with Gasteiger partial charge in [-0.05, 0) is 26.7 Å². The topological polar surface area (TPSA) is 48.0 Å². The molecule has 1 heterocycles. The quantitative estimate of drug-likeness (QED) is 0.505. The van der Waals surface area contributed by atoms with Gasteiger partial charge in [-0.25, -0.2) is 4.79 Å². The molecule has 1 aliphatic rings. The van der Waals surface area contributed by atoms with Crippen molar-refractivity contribution < 1.29 is 19.0 Å². The Morgan fingerprint density at radius 1 is 1.44 bits per heavy atom. The van der Waals surface area contributed by atoms with E-state index in [4.69, 9.17) is 14.2 Å². The van der Waals surface area contributed by atoms with Gasteiger partial charge in [0.2, 0.25) is 0 Å². The highest BCUT2D eigenvalue weighted by atomic mass is 16.6. The zero-order valence-electron chi connectivity index (χ0n) is 11.7. The zero-order chi connectivity index (χ0) is 13.4. The van der Waals surface area contributed by atoms with E-state index >= 15 is 0 Å². The summed E-state index contributed by atoms with van der Waals surface area (Å²) in [6, 6.07) is 0.509. The van der Waals surface area contributed by atoms with Gasteiger partial charge in [0.25, 0.3) is 0 Å². The van der Waals surface area contributed by atoms with Gasteiger partial charge in [0.05, 0.1) is 19.3 Å². The highest BCUT2D eigenvalue weighted by molar-refractivity contribution is 5.70. The van der Waals surface area contributed by atoms with Crippen LogP contribution in [0.15, 0.2) is 0 Å². The smallest absolute Gasteiger partial charge is 0.332 e. The number of ether oxygens (including phenoxy) is 3. The van der Waals surface area contributed by atoms with Gasteiger partial charge in [0, 0.05) is 26.2 Å². The summed E-state index contributed by atoms with van der Waals surface area (Å²) in [5, 5.41) is 0. The van der Waals surface area contributed by atoms with Crippen LogP contribution in [0.4, 0.5) is 0 Å². The van der Waals surface area contributed by atoms with Crippen molar-refractivity contribution in [2.75, 3.05) is 40.0 Å². The van der Waals surface area contributed by atoms with Crippen LogP contribution in [0.5, 0.6) is 0 Å². The monoisotopic (exact) mass is 259 g/mol. The molecule has 1 saturated heterocycles. The highest BCUT2D eigenvalue weighted by Crippen LogP contribution is 2.18. The standard InChI is InChI=1S/C13H25NO4/c1-4-18-13(15)10-17-8-7-14-6-5-12(16-3)9-11(14)2/h11-12H,4-10H2,1-3H3. The second kappa shape index (κ2) is 8.45. The molecule has 0 spiro atoms. The van der Waals surface area contributed by atoms with E-state index in [9.17, 15) is 4.79 Å². The van der Waals surface area contributed by atoms with Crippen molar-refractivity contribution in [3.8, 4) is 0 Å². The van der Waals surface area contributed by atoms with Gasteiger partial charge in [-0.3, -0.25) is 4.90 Å². The molecule has 5 heteroatoms. The molecule has 1 fully saturated rings. The van der Waals surface area contributed by atoms with E-state index in [0.717, 1.165) is 25.9 Å². The molecule has 0 amide bonds. The van der Waals surface area contributed by atoms with Crippen LogP contribution in [0.1, 0.15) is 26.7 Å². The second-order valence-electron chi connectivity index (χ2n) is 4.62. The summed E-state index contributed by atoms with van der Waals surface area (Å²) < 4.78 is 15.5. The van der Waals surface area contributed by atoms with E-state index in [1.165, 1.54) is 0 Å². The number of rotatable bonds is 7. The first-order valence-corrected chi connectivity index (χ1v) is 6.67. The van der Waals surface area contributed by atoms with Gasteiger partial charge >= 0.3 is 5.97 Å². The Morgan fingerprint density at radius 3 is 2.83 bits per heavy atom. The van der Waals surface area contributed by atoms with Gasteiger partial charge in [-0.1, -0.05) is 0 Å². The third kappa shape index (κ3) is 5.33. The van der Waals surface area contributed by atoms with Crippen LogP contribution in [0.25, 0.3) is 0 Å². The minimum absolute atomic E-state index is 0.0523. The minimum atomic E-state index is -0.288. The molecule has 2 atom stereocenters. The Bertz CT molecular complexity index is 247. The lowest BCUT2D eigenvalue weighted by Crippen LogP contribution is -2.44. The Balaban J connectivity index is 2.10. The largest absolute Gasteiger partial charge is 0.464 e. The lowest BCUT2D eigenvalue weighted by molar-refractivity contribution is -0.148. The number of carbonyl (C=O) groups is 1. The molecule has 1 rings (SSSR count). The summed E-state index contributed by atoms with van der Waals surface area (Å²) in [4.78, 5) is 13.4. The maximum atomic E-state index is 11.1. The molecule has 0 N–H and O–H groups in total. The zero-order valence-corrected chi connectivity index (χ0v) is 11.7. The van der Waals surface area contributed by atoms with Crippen LogP contribution >= 0.6 is 0 Å². The molecular formula is C13H25NO4. The fourth-order valence-corrected chi connectivity index (χ4v) is 2.26. The van der Waals surface area contributed by atoms with E-state index in [2.05, 4.69) is 11.8 Å². The number of esters is 1. The van der Waals surface area contributed by atoms with E-state index in [-0.39, 0.29) is 12.6 Å². The molecule has 1 aliphatic heterocycles. The van der Waals surface area contributed by atoms with Gasteiger partial charge in [-0.2, -0.15) is 0 Å². The summed E-state index contributed by atoms with van der Waals surface area (Å²) in [5.74, 6) is -0.288. The maximum Gasteiger partial charge on any atom is 0.332 e. The number of piperidine rings is 1. The molecule has 106 valence electrons. The minimum Gasteiger partial charge on any atom is -0.464 e. The van der Waals surface area contributed by atoms with Crippen molar-refractivity contribution in [1.82, 2.24) is 4.90 Å². The average Bonchev–Trinajstić information content (AvgIpc) is 2.36. The molecule has 18 heavy (non-hydrogen) atoms. The van der Waals surface area contributed by atoms with Crippen LogP contribution in [0.2, 0.25) is 0 Å². The molecule has 2 unspecified atom stereocenters. The maximum absolute atomic E-state index is 11.1. The average molecular weight is 259 g/mol. The Kier molecular flexibility index (Phi) is 7.23. The summed E-state index contributed by atoms with van der Waals surface area (Å²) in [7, 11) is 1.77. The summed E-state index contributed by atoms with van der Waals surface area (Å²) >= 11 is 0. The molecule has 0 aromatic heterocycles. The van der Waals surface area contributed by atoms with Crippen molar-refractivity contribution in [2.45, 2.75) is 38.8 Å². The van der Waals surface area contributed by atoms with Crippen molar-refractivity contribution in [3.63, 3.8) is 0 Å². The van der Waals surface area contributed by atoms with Crippen molar-refractivity contribution in [2.24, 2.45) is 0 Å². The Labute approximate surface area is 109 Å².